The molecule has 0 radical (unpaired) electrons. The summed E-state index contributed by atoms with van der Waals surface area (Å²) < 4.78 is 10.2. The number of carbonyl (C=O) groups excluding carboxylic acids is 3. The van der Waals surface area contributed by atoms with Gasteiger partial charge in [-0.3, -0.25) is 14.4 Å². The zero-order chi connectivity index (χ0) is 20.6. The quantitative estimate of drug-likeness (QED) is 0.587. The number of hydrogen-bond donors (Lipinski definition) is 2. The van der Waals surface area contributed by atoms with Crippen LogP contribution in [0.1, 0.15) is 38.2 Å². The lowest BCUT2D eigenvalue weighted by molar-refractivity contribution is -0.151. The van der Waals surface area contributed by atoms with Crippen molar-refractivity contribution < 1.29 is 29.0 Å². The van der Waals surface area contributed by atoms with Crippen LogP contribution < -0.4 is 10.1 Å². The van der Waals surface area contributed by atoms with Crippen LogP contribution in [0.2, 0.25) is 5.02 Å². The second kappa shape index (κ2) is 7.83. The minimum absolute atomic E-state index is 0.0273. The Labute approximate surface area is 167 Å². The molecule has 7 nitrogen and oxygen atoms in total. The van der Waals surface area contributed by atoms with Crippen LogP contribution >= 0.6 is 11.6 Å². The molecule has 3 rings (SSSR count). The van der Waals surface area contributed by atoms with Crippen molar-refractivity contribution in [3.8, 4) is 11.5 Å². The number of amides is 1. The topological polar surface area (TPSA) is 102 Å². The molecule has 0 aromatic heterocycles. The van der Waals surface area contributed by atoms with Crippen LogP contribution in [-0.2, 0) is 19.1 Å². The molecule has 0 spiro atoms. The van der Waals surface area contributed by atoms with Gasteiger partial charge in [0.15, 0.2) is 17.3 Å². The van der Waals surface area contributed by atoms with Gasteiger partial charge in [-0.25, -0.2) is 0 Å². The van der Waals surface area contributed by atoms with Gasteiger partial charge in [0, 0.05) is 23.6 Å². The summed E-state index contributed by atoms with van der Waals surface area (Å²) in [5.74, 6) is -2.97. The van der Waals surface area contributed by atoms with Crippen LogP contribution in [-0.4, -0.2) is 36.5 Å². The number of phenolic OH excluding ortho intramolecular Hbond substituents is 1. The summed E-state index contributed by atoms with van der Waals surface area (Å²) in [5, 5.41) is 12.9. The van der Waals surface area contributed by atoms with Crippen LogP contribution in [0.15, 0.2) is 23.4 Å². The number of hydrogen-bond acceptors (Lipinski definition) is 6. The van der Waals surface area contributed by atoms with E-state index < -0.39 is 17.8 Å². The average Bonchev–Trinajstić information content (AvgIpc) is 2.64. The Morgan fingerprint density at radius 3 is 2.68 bits per heavy atom. The maximum atomic E-state index is 13.2. The molecule has 1 aromatic rings. The highest BCUT2D eigenvalue weighted by Gasteiger charge is 2.45. The molecule has 0 fully saturated rings. The molecule has 1 aliphatic heterocycles. The number of rotatable bonds is 4. The number of aromatic hydroxyl groups is 1. The first-order valence-electron chi connectivity index (χ1n) is 9.08. The predicted molar refractivity (Wildman–Crippen MR) is 101 cm³/mol. The Balaban J connectivity index is 2.11. The van der Waals surface area contributed by atoms with Crippen molar-refractivity contribution in [2.75, 3.05) is 13.7 Å². The van der Waals surface area contributed by atoms with Crippen molar-refractivity contribution in [1.29, 1.82) is 0 Å². The van der Waals surface area contributed by atoms with Crippen LogP contribution in [0.3, 0.4) is 0 Å². The fourth-order valence-electron chi connectivity index (χ4n) is 3.94. The number of benzene rings is 1. The van der Waals surface area contributed by atoms with Gasteiger partial charge in [0.25, 0.3) is 0 Å². The molecule has 0 saturated carbocycles. The second-order valence-electron chi connectivity index (χ2n) is 7.03. The van der Waals surface area contributed by atoms with Crippen molar-refractivity contribution >= 4 is 29.3 Å². The van der Waals surface area contributed by atoms with Gasteiger partial charge in [-0.2, -0.15) is 0 Å². The Kier molecular flexibility index (Phi) is 5.65. The first-order chi connectivity index (χ1) is 13.3. The monoisotopic (exact) mass is 407 g/mol. The van der Waals surface area contributed by atoms with E-state index in [0.29, 0.717) is 29.9 Å². The zero-order valence-electron chi connectivity index (χ0n) is 15.9. The van der Waals surface area contributed by atoms with Gasteiger partial charge in [0.1, 0.15) is 5.92 Å². The molecule has 2 N–H and O–H groups in total. The second-order valence-corrected chi connectivity index (χ2v) is 7.43. The average molecular weight is 408 g/mol. The summed E-state index contributed by atoms with van der Waals surface area (Å²) in [4.78, 5) is 37.7. The van der Waals surface area contributed by atoms with Gasteiger partial charge >= 0.3 is 5.97 Å². The Hall–Kier alpha value is -2.54. The maximum absolute atomic E-state index is 13.2. The van der Waals surface area contributed by atoms with Crippen LogP contribution in [0.5, 0.6) is 11.5 Å². The lowest BCUT2D eigenvalue weighted by Crippen LogP contribution is -2.44. The lowest BCUT2D eigenvalue weighted by atomic mass is 9.70. The van der Waals surface area contributed by atoms with Gasteiger partial charge in [0.05, 0.1) is 18.7 Å². The fraction of sp³-hybridized carbons (Fsp3) is 0.450. The summed E-state index contributed by atoms with van der Waals surface area (Å²) >= 11 is 6.14. The first kappa shape index (κ1) is 20.2. The Morgan fingerprint density at radius 2 is 2.04 bits per heavy atom. The van der Waals surface area contributed by atoms with E-state index in [0.717, 1.165) is 0 Å². The van der Waals surface area contributed by atoms with Gasteiger partial charge < -0.3 is 19.9 Å². The number of nitrogens with one attached hydrogen (secondary N) is 1. The summed E-state index contributed by atoms with van der Waals surface area (Å²) in [6, 6.07) is 3.10. The van der Waals surface area contributed by atoms with E-state index in [1.165, 1.54) is 13.2 Å². The van der Waals surface area contributed by atoms with Gasteiger partial charge in [-0.15, -0.1) is 0 Å². The molecule has 8 heteroatoms. The van der Waals surface area contributed by atoms with Crippen molar-refractivity contribution in [2.24, 2.45) is 11.8 Å². The molecular weight excluding hydrogens is 386 g/mol. The minimum Gasteiger partial charge on any atom is -0.503 e. The molecule has 0 unspecified atom stereocenters. The number of methoxy groups -OCH3 is 1. The van der Waals surface area contributed by atoms with E-state index in [1.54, 1.807) is 19.9 Å². The number of carbonyl (C=O) groups is 3. The maximum Gasteiger partial charge on any atom is 0.316 e. The third-order valence-corrected chi connectivity index (χ3v) is 5.49. The molecular formula is C20H22ClNO6. The summed E-state index contributed by atoms with van der Waals surface area (Å²) in [7, 11) is 1.25. The number of ether oxygens (including phenoxy) is 2. The van der Waals surface area contributed by atoms with Gasteiger partial charge in [-0.1, -0.05) is 18.5 Å². The molecule has 150 valence electrons. The number of ketones is 1. The van der Waals surface area contributed by atoms with Crippen molar-refractivity contribution in [2.45, 2.75) is 32.6 Å². The lowest BCUT2D eigenvalue weighted by Gasteiger charge is -2.36. The molecule has 1 amide bonds. The smallest absolute Gasteiger partial charge is 0.316 e. The fourth-order valence-corrected chi connectivity index (χ4v) is 4.16. The van der Waals surface area contributed by atoms with Gasteiger partial charge in [0.2, 0.25) is 5.91 Å². The Morgan fingerprint density at radius 1 is 1.32 bits per heavy atom. The molecule has 2 aliphatic rings. The Bertz CT molecular complexity index is 878. The highest BCUT2D eigenvalue weighted by Crippen LogP contribution is 2.45. The number of phenols is 1. The van der Waals surface area contributed by atoms with E-state index in [-0.39, 0.29) is 40.6 Å². The van der Waals surface area contributed by atoms with E-state index in [9.17, 15) is 19.5 Å². The van der Waals surface area contributed by atoms with Gasteiger partial charge in [-0.05, 0) is 37.0 Å². The molecule has 1 aliphatic carbocycles. The van der Waals surface area contributed by atoms with Crippen LogP contribution in [0.25, 0.3) is 0 Å². The summed E-state index contributed by atoms with van der Waals surface area (Å²) in [6.07, 6.45) is 0.409. The number of esters is 1. The molecule has 3 atom stereocenters. The van der Waals surface area contributed by atoms with E-state index in [1.807, 2.05) is 0 Å². The largest absolute Gasteiger partial charge is 0.503 e. The predicted octanol–water partition coefficient (Wildman–Crippen LogP) is 2.70. The van der Waals surface area contributed by atoms with Crippen molar-refractivity contribution in [1.82, 2.24) is 5.32 Å². The third-order valence-electron chi connectivity index (χ3n) is 5.20. The van der Waals surface area contributed by atoms with E-state index >= 15 is 0 Å². The van der Waals surface area contributed by atoms with E-state index in [2.05, 4.69) is 5.32 Å². The standard InChI is InChI=1S/C20H22ClNO6/c1-4-28-14-7-10(6-12(21)18(14)24)11-8-15(23)22-13-5-9(2)16(20(26)27-3)19(25)17(11)13/h6-7,9,11,16,24H,4-5,8H2,1-3H3,(H,22,23)/t9-,11+,16+/m1/s1. The number of allylic oxidation sites excluding steroid dienone is 2. The van der Waals surface area contributed by atoms with Crippen molar-refractivity contribution in [3.63, 3.8) is 0 Å². The molecule has 0 saturated heterocycles. The number of halogens is 1. The van der Waals surface area contributed by atoms with Crippen molar-refractivity contribution in [3.05, 3.63) is 34.0 Å². The highest BCUT2D eigenvalue weighted by molar-refractivity contribution is 6.32. The molecule has 0 bridgehead atoms. The molecule has 28 heavy (non-hydrogen) atoms. The summed E-state index contributed by atoms with van der Waals surface area (Å²) in [5.41, 5.74) is 1.48. The normalized spacial score (nSPS) is 24.5. The first-order valence-corrected chi connectivity index (χ1v) is 9.46. The third kappa shape index (κ3) is 3.46. The number of Topliss-reactive ketones (excluding diaryl/α,β-unsaturated/α-hetero) is 1. The summed E-state index contributed by atoms with van der Waals surface area (Å²) in [6.45, 7) is 3.86. The highest BCUT2D eigenvalue weighted by atomic mass is 35.5. The van der Waals surface area contributed by atoms with Crippen LogP contribution in [0.4, 0.5) is 0 Å². The molecule has 1 aromatic carbocycles. The SMILES string of the molecule is CCOc1cc([C@@H]2CC(=O)NC3=C2C(=O)[C@@H](C(=O)OC)[C@H](C)C3)cc(Cl)c1O. The minimum atomic E-state index is -0.916. The molecule has 1 heterocycles. The zero-order valence-corrected chi connectivity index (χ0v) is 16.6. The van der Waals surface area contributed by atoms with E-state index in [4.69, 9.17) is 21.1 Å². The van der Waals surface area contributed by atoms with Crippen LogP contribution in [0, 0.1) is 11.8 Å².